The van der Waals surface area contributed by atoms with Gasteiger partial charge in [-0.3, -0.25) is 0 Å². The molecule has 24 heavy (non-hydrogen) atoms. The smallest absolute Gasteiger partial charge is 0.123 e. The van der Waals surface area contributed by atoms with Crippen LogP contribution in [0.25, 0.3) is 0 Å². The summed E-state index contributed by atoms with van der Waals surface area (Å²) in [6.07, 6.45) is 6.54. The largest absolute Gasteiger partial charge is 0.488 e. The Morgan fingerprint density at radius 1 is 1.12 bits per heavy atom. The number of aryl methyl sites for hydroxylation is 2. The van der Waals surface area contributed by atoms with Gasteiger partial charge >= 0.3 is 0 Å². The van der Waals surface area contributed by atoms with Crippen LogP contribution in [0.2, 0.25) is 0 Å². The molecular weight excluding hydrogens is 334 g/mol. The van der Waals surface area contributed by atoms with Crippen molar-refractivity contribution in [1.82, 2.24) is 5.32 Å². The minimum absolute atomic E-state index is 0.677. The molecule has 0 spiro atoms. The highest BCUT2D eigenvalue weighted by Crippen LogP contribution is 2.22. The second kappa shape index (κ2) is 9.50. The molecular formula is C20H27NOS2. The molecule has 1 atom stereocenters. The molecule has 0 radical (unpaired) electrons. The van der Waals surface area contributed by atoms with Crippen molar-refractivity contribution in [2.45, 2.75) is 50.9 Å². The third kappa shape index (κ3) is 5.54. The Hall–Kier alpha value is -0.970. The summed E-state index contributed by atoms with van der Waals surface area (Å²) < 4.78 is 5.89. The predicted octanol–water partition coefficient (Wildman–Crippen LogP) is 5.40. The van der Waals surface area contributed by atoms with E-state index < -0.39 is 0 Å². The summed E-state index contributed by atoms with van der Waals surface area (Å²) in [5, 5.41) is 6.40. The highest BCUT2D eigenvalue weighted by atomic mass is 32.2. The number of benzene rings is 1. The standard InChI is InChI=1S/C20H27NOS2/c1-16-11-12-23-20(16)14-22-18-9-7-17(8-10-18)5-3-2-4-6-19-13-21-15-24-19/h7-12,19,21H,2-6,13-15H2,1H3. The summed E-state index contributed by atoms with van der Waals surface area (Å²) in [5.41, 5.74) is 2.75. The minimum atomic E-state index is 0.677. The number of ether oxygens (including phenoxy) is 1. The Kier molecular flexibility index (Phi) is 7.06. The second-order valence-electron chi connectivity index (χ2n) is 6.45. The van der Waals surface area contributed by atoms with Gasteiger partial charge in [0.1, 0.15) is 12.4 Å². The number of thioether (sulfide) groups is 1. The molecule has 2 aromatic rings. The summed E-state index contributed by atoms with van der Waals surface area (Å²) in [6.45, 7) is 4.02. The van der Waals surface area contributed by atoms with E-state index in [0.29, 0.717) is 6.61 Å². The van der Waals surface area contributed by atoms with E-state index in [-0.39, 0.29) is 0 Å². The van der Waals surface area contributed by atoms with Crippen LogP contribution in [0.3, 0.4) is 0 Å². The number of nitrogens with one attached hydrogen (secondary N) is 1. The molecule has 1 fully saturated rings. The van der Waals surface area contributed by atoms with Crippen LogP contribution in [0.15, 0.2) is 35.7 Å². The summed E-state index contributed by atoms with van der Waals surface area (Å²) in [7, 11) is 0. The average molecular weight is 362 g/mol. The molecule has 4 heteroatoms. The number of hydrogen-bond donors (Lipinski definition) is 1. The number of unbranched alkanes of at least 4 members (excludes halogenated alkanes) is 2. The van der Waals surface area contributed by atoms with Crippen molar-refractivity contribution in [3.8, 4) is 5.75 Å². The predicted molar refractivity (Wildman–Crippen MR) is 106 cm³/mol. The van der Waals surface area contributed by atoms with E-state index in [9.17, 15) is 0 Å². The number of hydrogen-bond acceptors (Lipinski definition) is 4. The Balaban J connectivity index is 1.33. The fraction of sp³-hybridized carbons (Fsp3) is 0.500. The van der Waals surface area contributed by atoms with E-state index in [1.165, 1.54) is 54.7 Å². The lowest BCUT2D eigenvalue weighted by molar-refractivity contribution is 0.309. The van der Waals surface area contributed by atoms with Crippen molar-refractivity contribution < 1.29 is 4.74 Å². The van der Waals surface area contributed by atoms with Gasteiger partial charge < -0.3 is 10.1 Å². The average Bonchev–Trinajstić information content (AvgIpc) is 3.25. The van der Waals surface area contributed by atoms with Gasteiger partial charge in [-0.2, -0.15) is 0 Å². The van der Waals surface area contributed by atoms with Gasteiger partial charge in [-0.15, -0.1) is 23.1 Å². The number of rotatable bonds is 9. The highest BCUT2D eigenvalue weighted by molar-refractivity contribution is 8.00. The SMILES string of the molecule is Cc1ccsc1COc1ccc(CCCCCC2CNCS2)cc1. The zero-order valence-corrected chi connectivity index (χ0v) is 16.1. The Morgan fingerprint density at radius 3 is 2.71 bits per heavy atom. The molecule has 1 aromatic carbocycles. The van der Waals surface area contributed by atoms with Crippen LogP contribution < -0.4 is 10.1 Å². The van der Waals surface area contributed by atoms with Gasteiger partial charge in [0, 0.05) is 22.5 Å². The monoisotopic (exact) mass is 361 g/mol. The van der Waals surface area contributed by atoms with Gasteiger partial charge in [0.05, 0.1) is 0 Å². The van der Waals surface area contributed by atoms with Crippen molar-refractivity contribution in [2.75, 3.05) is 12.4 Å². The van der Waals surface area contributed by atoms with Crippen LogP contribution in [-0.4, -0.2) is 17.7 Å². The lowest BCUT2D eigenvalue weighted by atomic mass is 10.1. The first-order chi connectivity index (χ1) is 11.8. The molecule has 1 aromatic heterocycles. The van der Waals surface area contributed by atoms with Gasteiger partial charge in [-0.25, -0.2) is 0 Å². The zero-order valence-electron chi connectivity index (χ0n) is 14.4. The molecule has 3 rings (SSSR count). The van der Waals surface area contributed by atoms with Crippen LogP contribution in [0.1, 0.15) is 41.7 Å². The first kappa shape index (κ1) is 17.8. The van der Waals surface area contributed by atoms with Crippen LogP contribution in [0.4, 0.5) is 0 Å². The summed E-state index contributed by atoms with van der Waals surface area (Å²) >= 11 is 3.84. The Morgan fingerprint density at radius 2 is 2.00 bits per heavy atom. The molecule has 1 saturated heterocycles. The maximum absolute atomic E-state index is 5.89. The molecule has 1 N–H and O–H groups in total. The van der Waals surface area contributed by atoms with Crippen LogP contribution in [-0.2, 0) is 13.0 Å². The Bertz CT molecular complexity index is 602. The first-order valence-corrected chi connectivity index (χ1v) is 10.8. The second-order valence-corrected chi connectivity index (χ2v) is 8.74. The summed E-state index contributed by atoms with van der Waals surface area (Å²) in [5.74, 6) is 2.11. The van der Waals surface area contributed by atoms with Gasteiger partial charge in [0.25, 0.3) is 0 Å². The number of thiophene rings is 1. The quantitative estimate of drug-likeness (QED) is 0.604. The fourth-order valence-corrected chi connectivity index (χ4v) is 4.83. The van der Waals surface area contributed by atoms with E-state index in [1.807, 2.05) is 0 Å². The summed E-state index contributed by atoms with van der Waals surface area (Å²) in [6, 6.07) is 10.8. The molecule has 1 aliphatic rings. The maximum atomic E-state index is 5.89. The van der Waals surface area contributed by atoms with Crippen molar-refractivity contribution in [3.05, 3.63) is 51.7 Å². The first-order valence-electron chi connectivity index (χ1n) is 8.88. The lowest BCUT2D eigenvalue weighted by Gasteiger charge is -2.08. The van der Waals surface area contributed by atoms with Gasteiger partial charge in [-0.05, 0) is 60.9 Å². The van der Waals surface area contributed by atoms with Crippen molar-refractivity contribution in [2.24, 2.45) is 0 Å². The molecule has 2 heterocycles. The highest BCUT2D eigenvalue weighted by Gasteiger charge is 2.13. The Labute approximate surface area is 154 Å². The molecule has 1 unspecified atom stereocenters. The van der Waals surface area contributed by atoms with Crippen LogP contribution in [0.5, 0.6) is 5.75 Å². The van der Waals surface area contributed by atoms with E-state index in [1.54, 1.807) is 11.3 Å². The zero-order chi connectivity index (χ0) is 16.6. The molecule has 0 aliphatic carbocycles. The van der Waals surface area contributed by atoms with Gasteiger partial charge in [-0.1, -0.05) is 25.0 Å². The van der Waals surface area contributed by atoms with Gasteiger partial charge in [0.15, 0.2) is 0 Å². The molecule has 0 amide bonds. The van der Waals surface area contributed by atoms with Crippen molar-refractivity contribution in [1.29, 1.82) is 0 Å². The normalized spacial score (nSPS) is 17.3. The fourth-order valence-electron chi connectivity index (χ4n) is 2.97. The third-order valence-electron chi connectivity index (χ3n) is 4.55. The molecule has 1 aliphatic heterocycles. The third-order valence-corrected chi connectivity index (χ3v) is 6.79. The van der Waals surface area contributed by atoms with Crippen molar-refractivity contribution >= 4 is 23.1 Å². The van der Waals surface area contributed by atoms with Crippen molar-refractivity contribution in [3.63, 3.8) is 0 Å². The topological polar surface area (TPSA) is 21.3 Å². The van der Waals surface area contributed by atoms with E-state index >= 15 is 0 Å². The molecule has 2 nitrogen and oxygen atoms in total. The summed E-state index contributed by atoms with van der Waals surface area (Å²) in [4.78, 5) is 1.31. The van der Waals surface area contributed by atoms with E-state index in [0.717, 1.165) is 16.9 Å². The lowest BCUT2D eigenvalue weighted by Crippen LogP contribution is -2.12. The van der Waals surface area contributed by atoms with Crippen LogP contribution in [0, 0.1) is 6.92 Å². The van der Waals surface area contributed by atoms with E-state index in [2.05, 4.69) is 59.7 Å². The molecule has 130 valence electrons. The molecule has 0 saturated carbocycles. The van der Waals surface area contributed by atoms with Gasteiger partial charge in [0.2, 0.25) is 0 Å². The van der Waals surface area contributed by atoms with Crippen LogP contribution >= 0.6 is 23.1 Å². The molecule has 0 bridgehead atoms. The van der Waals surface area contributed by atoms with E-state index in [4.69, 9.17) is 4.74 Å². The maximum Gasteiger partial charge on any atom is 0.123 e. The minimum Gasteiger partial charge on any atom is -0.488 e.